The summed E-state index contributed by atoms with van der Waals surface area (Å²) in [5.74, 6) is -0.216. The van der Waals surface area contributed by atoms with E-state index >= 15 is 0 Å². The number of anilines is 3. The minimum Gasteiger partial charge on any atom is -0.375 e. The van der Waals surface area contributed by atoms with Crippen molar-refractivity contribution in [1.29, 1.82) is 0 Å². The van der Waals surface area contributed by atoms with Gasteiger partial charge in [0.2, 0.25) is 5.78 Å². The van der Waals surface area contributed by atoms with E-state index in [1.54, 1.807) is 51.1 Å². The van der Waals surface area contributed by atoms with E-state index in [1.807, 2.05) is 24.3 Å². The molecule has 3 aromatic rings. The van der Waals surface area contributed by atoms with E-state index in [2.05, 4.69) is 20.9 Å². The number of ketones is 2. The lowest BCUT2D eigenvalue weighted by molar-refractivity contribution is 0.0970. The molecule has 1 aromatic heterocycles. The van der Waals surface area contributed by atoms with Crippen molar-refractivity contribution in [1.82, 2.24) is 4.98 Å². The van der Waals surface area contributed by atoms with Crippen LogP contribution in [0.4, 0.5) is 21.9 Å². The molecule has 160 valence electrons. The number of Topliss-reactive ketones (excluding diaryl/α,β-unsaturated/α-hetero) is 2. The molecule has 0 radical (unpaired) electrons. The second kappa shape index (κ2) is 9.30. The van der Waals surface area contributed by atoms with Gasteiger partial charge in [-0.3, -0.25) is 9.59 Å². The zero-order valence-corrected chi connectivity index (χ0v) is 18.0. The van der Waals surface area contributed by atoms with E-state index in [-0.39, 0.29) is 17.6 Å². The second-order valence-electron chi connectivity index (χ2n) is 7.44. The van der Waals surface area contributed by atoms with Gasteiger partial charge in [0.05, 0.1) is 11.7 Å². The summed E-state index contributed by atoms with van der Waals surface area (Å²) in [6.07, 6.45) is 0. The molecular weight excluding hydrogens is 392 g/mol. The highest BCUT2D eigenvalue weighted by Gasteiger charge is 2.23. The van der Waals surface area contributed by atoms with E-state index in [0.29, 0.717) is 39.6 Å². The van der Waals surface area contributed by atoms with Gasteiger partial charge in [0.15, 0.2) is 5.78 Å². The monoisotopic (exact) mass is 418 g/mol. The van der Waals surface area contributed by atoms with Crippen molar-refractivity contribution in [3.8, 4) is 0 Å². The Bertz CT molecular complexity index is 1120. The highest BCUT2D eigenvalue weighted by molar-refractivity contribution is 6.06. The van der Waals surface area contributed by atoms with Gasteiger partial charge in [-0.1, -0.05) is 24.3 Å². The quantitative estimate of drug-likeness (QED) is 0.398. The molecule has 2 amide bonds. The Morgan fingerprint density at radius 1 is 0.871 bits per heavy atom. The fourth-order valence-corrected chi connectivity index (χ4v) is 3.56. The van der Waals surface area contributed by atoms with Gasteiger partial charge in [0, 0.05) is 28.3 Å². The maximum Gasteiger partial charge on any atom is 0.323 e. The lowest BCUT2D eigenvalue weighted by atomic mass is 10.0. The van der Waals surface area contributed by atoms with Gasteiger partial charge in [-0.05, 0) is 63.6 Å². The van der Waals surface area contributed by atoms with E-state index in [4.69, 9.17) is 0 Å². The van der Waals surface area contributed by atoms with Crippen molar-refractivity contribution < 1.29 is 14.4 Å². The Balaban J connectivity index is 1.67. The molecule has 4 N–H and O–H groups in total. The minimum absolute atomic E-state index is 0.0709. The molecule has 7 heteroatoms. The molecule has 0 bridgehead atoms. The number of H-pyrrole nitrogens is 1. The Morgan fingerprint density at radius 2 is 1.48 bits per heavy atom. The smallest absolute Gasteiger partial charge is 0.323 e. The van der Waals surface area contributed by atoms with Gasteiger partial charge in [0.1, 0.15) is 0 Å². The average molecular weight is 418 g/mol. The molecule has 0 aliphatic carbocycles. The summed E-state index contributed by atoms with van der Waals surface area (Å²) in [7, 11) is 0. The molecule has 1 heterocycles. The SMILES string of the molecule is CC(=O)c1c(C)[nH]c(C(=O)[C@@H](C)Nc2cccc(NC(=O)Nc3ccccc3)c2)c1C. The van der Waals surface area contributed by atoms with Gasteiger partial charge >= 0.3 is 6.03 Å². The fourth-order valence-electron chi connectivity index (χ4n) is 3.56. The van der Waals surface area contributed by atoms with Crippen LogP contribution in [0.5, 0.6) is 0 Å². The number of amides is 2. The molecule has 31 heavy (non-hydrogen) atoms. The Kier molecular flexibility index (Phi) is 6.55. The van der Waals surface area contributed by atoms with Gasteiger partial charge in [0.25, 0.3) is 0 Å². The molecule has 0 fully saturated rings. The maximum absolute atomic E-state index is 12.9. The lowest BCUT2D eigenvalue weighted by Crippen LogP contribution is -2.27. The van der Waals surface area contributed by atoms with Crippen molar-refractivity contribution in [3.05, 3.63) is 77.1 Å². The number of benzene rings is 2. The number of aromatic amines is 1. The van der Waals surface area contributed by atoms with Crippen LogP contribution in [0.3, 0.4) is 0 Å². The van der Waals surface area contributed by atoms with Gasteiger partial charge in [-0.15, -0.1) is 0 Å². The lowest BCUT2D eigenvalue weighted by Gasteiger charge is -2.15. The first-order valence-electron chi connectivity index (χ1n) is 10.00. The number of para-hydroxylation sites is 1. The summed E-state index contributed by atoms with van der Waals surface area (Å²) in [4.78, 5) is 40.0. The molecule has 2 aromatic carbocycles. The molecule has 3 rings (SSSR count). The van der Waals surface area contributed by atoms with Crippen LogP contribution in [-0.4, -0.2) is 28.6 Å². The van der Waals surface area contributed by atoms with E-state index in [0.717, 1.165) is 0 Å². The number of hydrogen-bond acceptors (Lipinski definition) is 4. The molecule has 0 saturated carbocycles. The third-order valence-corrected chi connectivity index (χ3v) is 4.96. The van der Waals surface area contributed by atoms with Crippen molar-refractivity contribution in [2.24, 2.45) is 0 Å². The Labute approximate surface area is 181 Å². The van der Waals surface area contributed by atoms with E-state index in [9.17, 15) is 14.4 Å². The van der Waals surface area contributed by atoms with Crippen molar-refractivity contribution in [2.45, 2.75) is 33.7 Å². The largest absolute Gasteiger partial charge is 0.375 e. The van der Waals surface area contributed by atoms with Crippen LogP contribution in [0.2, 0.25) is 0 Å². The normalized spacial score (nSPS) is 11.5. The Morgan fingerprint density at radius 3 is 2.13 bits per heavy atom. The fraction of sp³-hybridized carbons (Fsp3) is 0.208. The highest BCUT2D eigenvalue weighted by Crippen LogP contribution is 2.22. The molecule has 7 nitrogen and oxygen atoms in total. The first-order chi connectivity index (χ1) is 14.8. The summed E-state index contributed by atoms with van der Waals surface area (Å²) in [6, 6.07) is 15.4. The van der Waals surface area contributed by atoms with Crippen LogP contribution >= 0.6 is 0 Å². The summed E-state index contributed by atoms with van der Waals surface area (Å²) in [5, 5.41) is 8.70. The molecule has 1 atom stereocenters. The number of carbonyl (C=O) groups excluding carboxylic acids is 3. The van der Waals surface area contributed by atoms with Crippen LogP contribution in [0.15, 0.2) is 54.6 Å². The molecule has 0 aliphatic rings. The van der Waals surface area contributed by atoms with Crippen molar-refractivity contribution in [3.63, 3.8) is 0 Å². The highest BCUT2D eigenvalue weighted by atomic mass is 16.2. The van der Waals surface area contributed by atoms with Crippen LogP contribution in [0, 0.1) is 13.8 Å². The number of aromatic nitrogens is 1. The zero-order valence-electron chi connectivity index (χ0n) is 18.0. The molecule has 0 unspecified atom stereocenters. The predicted octanol–water partition coefficient (Wildman–Crippen LogP) is 5.16. The molecule has 0 saturated heterocycles. The van der Waals surface area contributed by atoms with Gasteiger partial charge < -0.3 is 20.9 Å². The summed E-state index contributed by atoms with van der Waals surface area (Å²) < 4.78 is 0. The second-order valence-corrected chi connectivity index (χ2v) is 7.44. The van der Waals surface area contributed by atoms with Crippen LogP contribution < -0.4 is 16.0 Å². The maximum atomic E-state index is 12.9. The summed E-state index contributed by atoms with van der Waals surface area (Å²) in [6.45, 7) is 6.81. The first kappa shape index (κ1) is 21.8. The number of nitrogens with one attached hydrogen (secondary N) is 4. The standard InChI is InChI=1S/C24H26N4O3/c1-14-21(17(4)29)15(2)26-22(14)23(30)16(3)25-19-11-8-12-20(13-19)28-24(31)27-18-9-6-5-7-10-18/h5-13,16,25-26H,1-4H3,(H2,27,28,31)/t16-/m1/s1. The number of urea groups is 1. The number of carbonyl (C=O) groups is 3. The third-order valence-electron chi connectivity index (χ3n) is 4.96. The van der Waals surface area contributed by atoms with E-state index in [1.165, 1.54) is 6.92 Å². The number of aryl methyl sites for hydroxylation is 1. The summed E-state index contributed by atoms with van der Waals surface area (Å²) >= 11 is 0. The van der Waals surface area contributed by atoms with Gasteiger partial charge in [-0.2, -0.15) is 0 Å². The number of rotatable bonds is 7. The van der Waals surface area contributed by atoms with Crippen molar-refractivity contribution >= 4 is 34.7 Å². The van der Waals surface area contributed by atoms with Crippen molar-refractivity contribution in [2.75, 3.05) is 16.0 Å². The molecule has 0 spiro atoms. The van der Waals surface area contributed by atoms with Crippen LogP contribution in [0.25, 0.3) is 0 Å². The third kappa shape index (κ3) is 5.19. The van der Waals surface area contributed by atoms with Gasteiger partial charge in [-0.25, -0.2) is 4.79 Å². The van der Waals surface area contributed by atoms with Crippen LogP contribution in [0.1, 0.15) is 46.0 Å². The number of hydrogen-bond donors (Lipinski definition) is 4. The minimum atomic E-state index is -0.537. The molecule has 0 aliphatic heterocycles. The first-order valence-corrected chi connectivity index (χ1v) is 10.00. The average Bonchev–Trinajstić information content (AvgIpc) is 3.02. The topological polar surface area (TPSA) is 103 Å². The van der Waals surface area contributed by atoms with Crippen LogP contribution in [-0.2, 0) is 0 Å². The van der Waals surface area contributed by atoms with E-state index < -0.39 is 6.04 Å². The zero-order chi connectivity index (χ0) is 22.5. The molecular formula is C24H26N4O3. The Hall–Kier alpha value is -3.87. The summed E-state index contributed by atoms with van der Waals surface area (Å²) in [5.41, 5.74) is 4.31. The predicted molar refractivity (Wildman–Crippen MR) is 123 cm³/mol.